The molecule has 7 nitrogen and oxygen atoms in total. The molecule has 1 aliphatic rings. The van der Waals surface area contributed by atoms with E-state index in [0.717, 1.165) is 10.1 Å². The number of aryl methyl sites for hydroxylation is 3. The number of benzene rings is 1. The van der Waals surface area contributed by atoms with Crippen LogP contribution in [0.1, 0.15) is 33.0 Å². The van der Waals surface area contributed by atoms with Crippen molar-refractivity contribution in [3.63, 3.8) is 0 Å². The lowest BCUT2D eigenvalue weighted by molar-refractivity contribution is -0.143. The molecule has 0 spiro atoms. The molecule has 3 heterocycles. The molecule has 0 saturated heterocycles. The molecule has 0 atom stereocenters. The van der Waals surface area contributed by atoms with Crippen LogP contribution in [0, 0.1) is 6.92 Å². The van der Waals surface area contributed by atoms with E-state index >= 15 is 0 Å². The summed E-state index contributed by atoms with van der Waals surface area (Å²) < 4.78 is 44.5. The van der Waals surface area contributed by atoms with Crippen LogP contribution in [0.5, 0.6) is 0 Å². The average molecular weight is 426 g/mol. The number of fused-ring (bicyclic) bond motifs is 4. The molecule has 1 aromatic carbocycles. The summed E-state index contributed by atoms with van der Waals surface area (Å²) in [5.41, 5.74) is 1.97. The van der Waals surface area contributed by atoms with E-state index in [0.29, 0.717) is 23.4 Å². The molecule has 0 radical (unpaired) electrons. The van der Waals surface area contributed by atoms with Crippen LogP contribution in [-0.2, 0) is 26.1 Å². The minimum atomic E-state index is -4.66. The van der Waals surface area contributed by atoms with Gasteiger partial charge < -0.3 is 5.32 Å². The molecule has 1 amide bonds. The van der Waals surface area contributed by atoms with Gasteiger partial charge in [0, 0.05) is 30.4 Å². The predicted molar refractivity (Wildman–Crippen MR) is 107 cm³/mol. The summed E-state index contributed by atoms with van der Waals surface area (Å²) in [7, 11) is 1.70. The highest BCUT2D eigenvalue weighted by atomic mass is 19.4. The Morgan fingerprint density at radius 3 is 2.65 bits per heavy atom. The van der Waals surface area contributed by atoms with E-state index in [9.17, 15) is 18.0 Å². The summed E-state index contributed by atoms with van der Waals surface area (Å²) in [4.78, 5) is 17.2. The van der Waals surface area contributed by atoms with Crippen molar-refractivity contribution in [2.75, 3.05) is 5.32 Å². The Morgan fingerprint density at radius 1 is 1.16 bits per heavy atom. The minimum absolute atomic E-state index is 0.0316. The van der Waals surface area contributed by atoms with Gasteiger partial charge >= 0.3 is 6.18 Å². The number of rotatable bonds is 2. The second-order valence-electron chi connectivity index (χ2n) is 7.50. The Morgan fingerprint density at radius 2 is 1.94 bits per heavy atom. The summed E-state index contributed by atoms with van der Waals surface area (Å²) in [5.74, 6) is -0.631. The number of hydrogen-bond acceptors (Lipinski definition) is 4. The van der Waals surface area contributed by atoms with Gasteiger partial charge in [-0.05, 0) is 25.3 Å². The van der Waals surface area contributed by atoms with E-state index in [1.165, 1.54) is 10.7 Å². The lowest BCUT2D eigenvalue weighted by Gasteiger charge is -2.23. The number of anilines is 1. The third kappa shape index (κ3) is 3.15. The van der Waals surface area contributed by atoms with Crippen LogP contribution in [-0.4, -0.2) is 30.3 Å². The number of hydrogen-bond donors (Lipinski definition) is 1. The SMILES string of the molecule is Cc1nn(C)cc1NC(=O)c1cc2nc3c(c(C(F)(F)F)n2n1)CCc1ccccc1-3. The highest BCUT2D eigenvalue weighted by Gasteiger charge is 2.40. The zero-order chi connectivity index (χ0) is 21.9. The van der Waals surface area contributed by atoms with Crippen LogP contribution in [0.3, 0.4) is 0 Å². The number of alkyl halides is 3. The lowest BCUT2D eigenvalue weighted by Crippen LogP contribution is -2.21. The third-order valence-electron chi connectivity index (χ3n) is 5.38. The van der Waals surface area contributed by atoms with Gasteiger partial charge in [0.1, 0.15) is 0 Å². The van der Waals surface area contributed by atoms with E-state index in [-0.39, 0.29) is 29.0 Å². The predicted octanol–water partition coefficient (Wildman–Crippen LogP) is 3.81. The highest BCUT2D eigenvalue weighted by Crippen LogP contribution is 2.40. The van der Waals surface area contributed by atoms with Gasteiger partial charge in [-0.1, -0.05) is 24.3 Å². The molecule has 3 aromatic heterocycles. The van der Waals surface area contributed by atoms with Crippen molar-refractivity contribution in [1.82, 2.24) is 24.4 Å². The van der Waals surface area contributed by atoms with E-state index in [4.69, 9.17) is 0 Å². The van der Waals surface area contributed by atoms with Crippen molar-refractivity contribution in [3.05, 3.63) is 64.7 Å². The smallest absolute Gasteiger partial charge is 0.318 e. The molecule has 31 heavy (non-hydrogen) atoms. The van der Waals surface area contributed by atoms with Gasteiger partial charge in [0.05, 0.1) is 17.1 Å². The fraction of sp³-hybridized carbons (Fsp3) is 0.238. The standard InChI is InChI=1S/C21H17F3N6O/c1-11-16(10-29(2)27-11)25-20(31)15-9-17-26-18-13-6-4-3-5-12(13)7-8-14(18)19(21(22,23)24)30(17)28-15/h3-6,9-10H,7-8H2,1-2H3,(H,25,31). The summed E-state index contributed by atoms with van der Waals surface area (Å²) in [6.45, 7) is 1.72. The highest BCUT2D eigenvalue weighted by molar-refractivity contribution is 6.03. The molecular formula is C21H17F3N6O. The van der Waals surface area contributed by atoms with Gasteiger partial charge in [0.25, 0.3) is 5.91 Å². The van der Waals surface area contributed by atoms with Crippen LogP contribution in [0.4, 0.5) is 18.9 Å². The van der Waals surface area contributed by atoms with Crippen molar-refractivity contribution in [2.24, 2.45) is 7.05 Å². The molecule has 0 unspecified atom stereocenters. The average Bonchev–Trinajstić information content (AvgIpc) is 3.27. The molecule has 1 N–H and O–H groups in total. The number of halogens is 3. The maximum atomic E-state index is 14.1. The minimum Gasteiger partial charge on any atom is -0.318 e. The van der Waals surface area contributed by atoms with Crippen molar-refractivity contribution in [1.29, 1.82) is 0 Å². The Bertz CT molecular complexity index is 1350. The van der Waals surface area contributed by atoms with Crippen LogP contribution < -0.4 is 5.32 Å². The van der Waals surface area contributed by atoms with Gasteiger partial charge in [-0.3, -0.25) is 9.48 Å². The van der Waals surface area contributed by atoms with Crippen molar-refractivity contribution < 1.29 is 18.0 Å². The van der Waals surface area contributed by atoms with Crippen LogP contribution in [0.25, 0.3) is 16.9 Å². The molecule has 0 aliphatic heterocycles. The molecule has 0 saturated carbocycles. The van der Waals surface area contributed by atoms with Crippen LogP contribution >= 0.6 is 0 Å². The molecular weight excluding hydrogens is 409 g/mol. The number of carbonyl (C=O) groups is 1. The first-order valence-electron chi connectivity index (χ1n) is 9.62. The monoisotopic (exact) mass is 426 g/mol. The van der Waals surface area contributed by atoms with E-state index in [1.54, 1.807) is 32.3 Å². The molecule has 158 valence electrons. The normalized spacial score (nSPS) is 13.2. The first-order valence-corrected chi connectivity index (χ1v) is 9.62. The summed E-state index contributed by atoms with van der Waals surface area (Å²) in [5, 5.41) is 10.8. The van der Waals surface area contributed by atoms with Crippen LogP contribution in [0.15, 0.2) is 36.5 Å². The quantitative estimate of drug-likeness (QED) is 0.529. The van der Waals surface area contributed by atoms with Crippen molar-refractivity contribution >= 4 is 17.2 Å². The Balaban J connectivity index is 1.67. The number of aromatic nitrogens is 5. The number of nitrogens with zero attached hydrogens (tertiary/aromatic N) is 5. The summed E-state index contributed by atoms with van der Waals surface area (Å²) in [6.07, 6.45) is -2.37. The van der Waals surface area contributed by atoms with Crippen molar-refractivity contribution in [3.8, 4) is 11.3 Å². The Kier molecular flexibility index (Phi) is 4.14. The van der Waals surface area contributed by atoms with E-state index < -0.39 is 17.8 Å². The van der Waals surface area contributed by atoms with E-state index in [2.05, 4.69) is 20.5 Å². The zero-order valence-electron chi connectivity index (χ0n) is 16.7. The third-order valence-corrected chi connectivity index (χ3v) is 5.38. The van der Waals surface area contributed by atoms with Crippen LogP contribution in [0.2, 0.25) is 0 Å². The fourth-order valence-electron chi connectivity index (χ4n) is 4.04. The maximum Gasteiger partial charge on any atom is 0.433 e. The van der Waals surface area contributed by atoms with Gasteiger partial charge in [0.15, 0.2) is 17.0 Å². The largest absolute Gasteiger partial charge is 0.433 e. The molecule has 0 fully saturated rings. The first-order chi connectivity index (χ1) is 14.7. The second kappa shape index (κ2) is 6.66. The maximum absolute atomic E-state index is 14.1. The van der Waals surface area contributed by atoms with E-state index in [1.807, 2.05) is 12.1 Å². The summed E-state index contributed by atoms with van der Waals surface area (Å²) >= 11 is 0. The fourth-order valence-corrected chi connectivity index (χ4v) is 4.04. The van der Waals surface area contributed by atoms with Gasteiger partial charge in [-0.15, -0.1) is 0 Å². The topological polar surface area (TPSA) is 77.1 Å². The van der Waals surface area contributed by atoms with Gasteiger partial charge in [-0.25, -0.2) is 9.50 Å². The zero-order valence-corrected chi connectivity index (χ0v) is 16.7. The molecule has 0 bridgehead atoms. The second-order valence-corrected chi connectivity index (χ2v) is 7.50. The van der Waals surface area contributed by atoms with Crippen molar-refractivity contribution in [2.45, 2.75) is 25.9 Å². The number of nitrogens with one attached hydrogen (secondary N) is 1. The Hall–Kier alpha value is -3.69. The number of amides is 1. The summed E-state index contributed by atoms with van der Waals surface area (Å²) in [6, 6.07) is 8.57. The molecule has 10 heteroatoms. The number of carbonyl (C=O) groups excluding carboxylic acids is 1. The van der Waals surface area contributed by atoms with Gasteiger partial charge in [0.2, 0.25) is 0 Å². The first kappa shape index (κ1) is 19.3. The Labute approximate surface area is 174 Å². The van der Waals surface area contributed by atoms with Gasteiger partial charge in [-0.2, -0.15) is 23.4 Å². The molecule has 4 aromatic rings. The lowest BCUT2D eigenvalue weighted by atomic mass is 9.88. The molecule has 1 aliphatic carbocycles. The molecule has 5 rings (SSSR count).